The summed E-state index contributed by atoms with van der Waals surface area (Å²) in [5.41, 5.74) is 2.37. The van der Waals surface area contributed by atoms with Crippen LogP contribution in [0.15, 0.2) is 93.8 Å². The third kappa shape index (κ3) is 8.52. The molecule has 4 heterocycles. The second-order valence-electron chi connectivity index (χ2n) is 12.3. The number of carbonyl (C=O) groups is 4. The fourth-order valence-electron chi connectivity index (χ4n) is 5.37. The molecule has 2 aromatic heterocycles. The van der Waals surface area contributed by atoms with Crippen LogP contribution >= 0.6 is 46.4 Å². The number of allylic oxidation sites excluding steroid dienone is 1. The molecule has 2 aliphatic rings. The molecule has 0 radical (unpaired) electrons. The maximum atomic E-state index is 14.2. The number of β-lactam (4-membered cyclic amide) rings is 1. The Morgan fingerprint density at radius 2 is 1.76 bits per heavy atom. The van der Waals surface area contributed by atoms with Gasteiger partial charge in [-0.05, 0) is 55.9 Å². The molecule has 16 heteroatoms. The van der Waals surface area contributed by atoms with Crippen LogP contribution in [-0.4, -0.2) is 71.9 Å². The van der Waals surface area contributed by atoms with Crippen LogP contribution in [0.4, 0.5) is 9.93 Å². The van der Waals surface area contributed by atoms with Gasteiger partial charge in [-0.25, -0.2) is 14.6 Å². The number of amides is 3. The Morgan fingerprint density at radius 1 is 1.08 bits per heavy atom. The molecule has 264 valence electrons. The molecule has 6 rings (SSSR count). The molecule has 2 N–H and O–H groups in total. The van der Waals surface area contributed by atoms with E-state index in [0.717, 1.165) is 32.2 Å². The number of esters is 1. The number of anilines is 1. The van der Waals surface area contributed by atoms with Crippen LogP contribution in [0, 0.1) is 0 Å². The van der Waals surface area contributed by atoms with E-state index < -0.39 is 47.0 Å². The van der Waals surface area contributed by atoms with Crippen LogP contribution in [0.3, 0.4) is 0 Å². The van der Waals surface area contributed by atoms with Gasteiger partial charge in [-0.2, -0.15) is 0 Å². The van der Waals surface area contributed by atoms with Crippen molar-refractivity contribution >= 4 is 81.0 Å². The topological polar surface area (TPSA) is 153 Å². The Balaban J connectivity index is 1.21. The molecule has 0 unspecified atom stereocenters. The normalized spacial score (nSPS) is 17.5. The second-order valence-corrected chi connectivity index (χ2v) is 16.3. The highest BCUT2D eigenvalue weighted by Gasteiger charge is 2.54. The summed E-state index contributed by atoms with van der Waals surface area (Å²) in [6, 6.07) is 18.0. The van der Waals surface area contributed by atoms with E-state index in [1.807, 2.05) is 60.7 Å². The molecule has 0 aliphatic carbocycles. The summed E-state index contributed by atoms with van der Waals surface area (Å²) in [7, 11) is 0. The van der Waals surface area contributed by atoms with Gasteiger partial charge in [-0.3, -0.25) is 19.8 Å². The average Bonchev–Trinajstić information content (AvgIpc) is 3.81. The third-order valence-corrected chi connectivity index (χ3v) is 11.6. The van der Waals surface area contributed by atoms with Crippen LogP contribution in [-0.2, 0) is 23.9 Å². The summed E-state index contributed by atoms with van der Waals surface area (Å²) in [5.74, 6) is -0.705. The monoisotopic (exact) mass is 762 g/mol. The lowest BCUT2D eigenvalue weighted by atomic mass is 10.0. The number of aromatic nitrogens is 3. The summed E-state index contributed by atoms with van der Waals surface area (Å²) < 4.78 is 16.3. The fourth-order valence-corrected chi connectivity index (χ4v) is 8.97. The molecule has 51 heavy (non-hydrogen) atoms. The minimum atomic E-state index is -0.891. The van der Waals surface area contributed by atoms with Crippen molar-refractivity contribution in [2.24, 2.45) is 0 Å². The summed E-state index contributed by atoms with van der Waals surface area (Å²) >= 11 is 5.33. The molecule has 4 aromatic rings. The zero-order valence-corrected chi connectivity index (χ0v) is 31.3. The number of thiazole rings is 1. The van der Waals surface area contributed by atoms with Gasteiger partial charge in [0.05, 0.1) is 17.5 Å². The lowest BCUT2D eigenvalue weighted by Gasteiger charge is -2.50. The molecule has 3 amide bonds. The first kappa shape index (κ1) is 36.3. The minimum Gasteiger partial charge on any atom is -0.448 e. The molecule has 0 saturated carbocycles. The standard InChI is InChI=1S/C35H34N6O6S4/c1-5-23(24-19-50-33(37-24)39-34(45)47-35(2,3)4)29(42)38-26-30(43)41-27(22(18-49-31(26)41)17-48-25-16-36-40-51-25)32(44)46-28(20-12-8-6-9-13-20)21-14-10-7-11-15-21/h5-16,19,26,28,31H,17-18H2,1-4H3,(H,38,42)(H,37,39,45)/b23-5-/t26-,31-/m1/s1. The van der Waals surface area contributed by atoms with Crippen LogP contribution in [0.25, 0.3) is 5.57 Å². The van der Waals surface area contributed by atoms with Gasteiger partial charge in [-0.15, -0.1) is 40.0 Å². The third-order valence-electron chi connectivity index (χ3n) is 7.61. The first-order chi connectivity index (χ1) is 24.5. The zero-order valence-electron chi connectivity index (χ0n) is 28.0. The van der Waals surface area contributed by atoms with E-state index in [1.54, 1.807) is 45.3 Å². The highest BCUT2D eigenvalue weighted by atomic mass is 32.2. The van der Waals surface area contributed by atoms with Crippen molar-refractivity contribution in [3.05, 3.63) is 106 Å². The van der Waals surface area contributed by atoms with Gasteiger partial charge in [0.15, 0.2) is 11.2 Å². The van der Waals surface area contributed by atoms with E-state index in [4.69, 9.17) is 9.47 Å². The maximum absolute atomic E-state index is 14.2. The molecule has 0 bridgehead atoms. The van der Waals surface area contributed by atoms with E-state index in [2.05, 4.69) is 25.2 Å². The molecule has 1 saturated heterocycles. The minimum absolute atomic E-state index is 0.180. The predicted octanol–water partition coefficient (Wildman–Crippen LogP) is 6.52. The Hall–Kier alpha value is -4.51. The van der Waals surface area contributed by atoms with Gasteiger partial charge in [0.1, 0.15) is 26.9 Å². The molecule has 2 aromatic carbocycles. The van der Waals surface area contributed by atoms with E-state index in [0.29, 0.717) is 17.2 Å². The lowest BCUT2D eigenvalue weighted by molar-refractivity contribution is -0.154. The molecule has 0 spiro atoms. The first-order valence-corrected chi connectivity index (χ1v) is 19.5. The number of nitrogens with zero attached hydrogens (tertiary/aromatic N) is 4. The van der Waals surface area contributed by atoms with E-state index in [9.17, 15) is 19.2 Å². The molecule has 12 nitrogen and oxygen atoms in total. The number of hydrogen-bond donors (Lipinski definition) is 2. The SMILES string of the molecule is C/C=C(\C(=O)N[C@@H]1C(=O)N2C(C(=O)OC(c3ccccc3)c3ccccc3)=C(CSc3cnns3)CS[C@H]12)c1csc(NC(=O)OC(C)(C)C)n1. The van der Waals surface area contributed by atoms with Gasteiger partial charge in [0, 0.05) is 16.9 Å². The van der Waals surface area contributed by atoms with Gasteiger partial charge in [0.2, 0.25) is 0 Å². The largest absolute Gasteiger partial charge is 0.448 e. The summed E-state index contributed by atoms with van der Waals surface area (Å²) in [6.07, 6.45) is 1.88. The van der Waals surface area contributed by atoms with Crippen LogP contribution in [0.2, 0.25) is 0 Å². The smallest absolute Gasteiger partial charge is 0.413 e. The molecule has 2 aliphatic heterocycles. The summed E-state index contributed by atoms with van der Waals surface area (Å²) in [5, 5.41) is 10.7. The molecular weight excluding hydrogens is 729 g/mol. The first-order valence-electron chi connectivity index (χ1n) is 15.8. The van der Waals surface area contributed by atoms with E-state index >= 15 is 0 Å². The number of carbonyl (C=O) groups excluding carboxylic acids is 4. The highest BCUT2D eigenvalue weighted by Crippen LogP contribution is 2.43. The number of benzene rings is 2. The number of nitrogens with one attached hydrogen (secondary N) is 2. The lowest BCUT2D eigenvalue weighted by Crippen LogP contribution is -2.70. The summed E-state index contributed by atoms with van der Waals surface area (Å²) in [6.45, 7) is 6.95. The van der Waals surface area contributed by atoms with Crippen molar-refractivity contribution in [1.82, 2.24) is 24.8 Å². The Bertz CT molecular complexity index is 1920. The van der Waals surface area contributed by atoms with Crippen LogP contribution in [0.5, 0.6) is 0 Å². The van der Waals surface area contributed by atoms with E-state index in [-0.39, 0.29) is 16.4 Å². The van der Waals surface area contributed by atoms with E-state index in [1.165, 1.54) is 40.0 Å². The number of ether oxygens (including phenoxy) is 2. The summed E-state index contributed by atoms with van der Waals surface area (Å²) in [4.78, 5) is 59.7. The average molecular weight is 763 g/mol. The van der Waals surface area contributed by atoms with Crippen molar-refractivity contribution in [2.45, 2.75) is 55.0 Å². The second kappa shape index (κ2) is 15.8. The zero-order chi connectivity index (χ0) is 36.1. The van der Waals surface area contributed by atoms with Crippen LogP contribution < -0.4 is 10.6 Å². The number of thioether (sulfide) groups is 2. The van der Waals surface area contributed by atoms with Gasteiger partial charge in [0.25, 0.3) is 11.8 Å². The molecule has 1 fully saturated rings. The van der Waals surface area contributed by atoms with Crippen molar-refractivity contribution in [1.29, 1.82) is 0 Å². The molecule has 2 atom stereocenters. The quantitative estimate of drug-likeness (QED) is 0.0743. The number of hydrogen-bond acceptors (Lipinski definition) is 13. The Morgan fingerprint density at radius 3 is 2.37 bits per heavy atom. The van der Waals surface area contributed by atoms with Crippen molar-refractivity contribution in [3.8, 4) is 0 Å². The van der Waals surface area contributed by atoms with Crippen molar-refractivity contribution < 1.29 is 28.7 Å². The Kier molecular flexibility index (Phi) is 11.2. The van der Waals surface area contributed by atoms with Gasteiger partial charge in [-0.1, -0.05) is 71.2 Å². The predicted molar refractivity (Wildman–Crippen MR) is 199 cm³/mol. The van der Waals surface area contributed by atoms with Crippen LogP contribution in [0.1, 0.15) is 50.6 Å². The fraction of sp³-hybridized carbons (Fsp3) is 0.286. The Labute approximate surface area is 311 Å². The van der Waals surface area contributed by atoms with Crippen molar-refractivity contribution in [3.63, 3.8) is 0 Å². The van der Waals surface area contributed by atoms with Gasteiger partial charge < -0.3 is 14.8 Å². The maximum Gasteiger partial charge on any atom is 0.413 e. The number of rotatable bonds is 11. The number of fused-ring (bicyclic) bond motifs is 1. The van der Waals surface area contributed by atoms with Gasteiger partial charge >= 0.3 is 12.1 Å². The molecular formula is C35H34N6O6S4. The highest BCUT2D eigenvalue weighted by molar-refractivity contribution is 8.01. The van der Waals surface area contributed by atoms with Crippen molar-refractivity contribution in [2.75, 3.05) is 16.8 Å².